The molecule has 2 aromatic carbocycles. The smallest absolute Gasteiger partial charge is 0.231 e. The number of benzene rings is 2. The molecule has 1 fully saturated rings. The quantitative estimate of drug-likeness (QED) is 0.760. The average molecular weight is 440 g/mol. The van der Waals surface area contributed by atoms with Crippen LogP contribution in [0, 0.1) is 17.1 Å². The van der Waals surface area contributed by atoms with Crippen LogP contribution in [0.3, 0.4) is 0 Å². The third-order valence-corrected chi connectivity index (χ3v) is 6.73. The second kappa shape index (κ2) is 8.25. The Kier molecular flexibility index (Phi) is 5.65. The van der Waals surface area contributed by atoms with Gasteiger partial charge in [0.2, 0.25) is 5.91 Å². The zero-order valence-corrected chi connectivity index (χ0v) is 17.9. The van der Waals surface area contributed by atoms with Crippen molar-refractivity contribution in [2.75, 3.05) is 19.5 Å². The first-order chi connectivity index (χ1) is 14.9. The number of aliphatic hydroxyl groups is 1. The third kappa shape index (κ3) is 3.54. The van der Waals surface area contributed by atoms with Gasteiger partial charge in [0.1, 0.15) is 5.82 Å². The fourth-order valence-electron chi connectivity index (χ4n) is 4.02. The summed E-state index contributed by atoms with van der Waals surface area (Å²) in [6, 6.07) is 13.0. The number of nitriles is 1. The molecule has 0 aromatic heterocycles. The largest absolute Gasteiger partial charge is 0.493 e. The summed E-state index contributed by atoms with van der Waals surface area (Å²) in [6.45, 7) is 2.31. The number of allylic oxidation sites excluding steroid dienone is 1. The van der Waals surface area contributed by atoms with E-state index in [1.165, 1.54) is 40.9 Å². The lowest BCUT2D eigenvalue weighted by Gasteiger charge is -2.38. The highest BCUT2D eigenvalue weighted by Gasteiger charge is 2.51. The van der Waals surface area contributed by atoms with Crippen LogP contribution in [0.5, 0.6) is 11.5 Å². The molecule has 0 unspecified atom stereocenters. The van der Waals surface area contributed by atoms with Gasteiger partial charge < -0.3 is 14.6 Å². The molecule has 0 radical (unpaired) electrons. The van der Waals surface area contributed by atoms with Crippen LogP contribution in [0.4, 0.5) is 4.39 Å². The number of amides is 1. The van der Waals surface area contributed by atoms with Crippen LogP contribution >= 0.6 is 11.8 Å². The van der Waals surface area contributed by atoms with Crippen molar-refractivity contribution in [3.05, 3.63) is 70.0 Å². The van der Waals surface area contributed by atoms with E-state index in [1.54, 1.807) is 19.2 Å². The van der Waals surface area contributed by atoms with Crippen molar-refractivity contribution in [1.29, 1.82) is 5.26 Å². The molecule has 2 aliphatic heterocycles. The van der Waals surface area contributed by atoms with Gasteiger partial charge in [-0.3, -0.25) is 9.69 Å². The molecule has 160 valence electrons. The normalized spacial score (nSPS) is 22.9. The fourth-order valence-corrected chi connectivity index (χ4v) is 5.38. The number of rotatable bonds is 5. The number of methoxy groups -OCH3 is 1. The number of nitrogens with zero attached hydrogens (tertiary/aromatic N) is 2. The predicted molar refractivity (Wildman–Crippen MR) is 114 cm³/mol. The summed E-state index contributed by atoms with van der Waals surface area (Å²) < 4.78 is 24.3. The van der Waals surface area contributed by atoms with E-state index in [4.69, 9.17) is 9.47 Å². The molecule has 2 aromatic rings. The van der Waals surface area contributed by atoms with Crippen molar-refractivity contribution in [1.82, 2.24) is 4.90 Å². The zero-order chi connectivity index (χ0) is 22.2. The van der Waals surface area contributed by atoms with Crippen molar-refractivity contribution >= 4 is 17.7 Å². The molecule has 6 nitrogen and oxygen atoms in total. The first-order valence-electron chi connectivity index (χ1n) is 9.82. The molecule has 1 N–H and O–H groups in total. The minimum Gasteiger partial charge on any atom is -0.493 e. The number of carbonyl (C=O) groups excluding carboxylic acids is 1. The van der Waals surface area contributed by atoms with Gasteiger partial charge in [-0.1, -0.05) is 18.2 Å². The number of thioether (sulfide) groups is 1. The minimum absolute atomic E-state index is 0.0222. The van der Waals surface area contributed by atoms with Crippen molar-refractivity contribution in [2.24, 2.45) is 0 Å². The molecule has 4 rings (SSSR count). The fraction of sp³-hybridized carbons (Fsp3) is 0.304. The van der Waals surface area contributed by atoms with E-state index >= 15 is 0 Å². The maximum atomic E-state index is 13.4. The molecule has 2 atom stereocenters. The number of ether oxygens (including phenoxy) is 2. The molecular formula is C23H21FN2O4S. The van der Waals surface area contributed by atoms with Gasteiger partial charge in [-0.25, -0.2) is 4.39 Å². The number of hydrogen-bond acceptors (Lipinski definition) is 6. The van der Waals surface area contributed by atoms with Crippen LogP contribution in [0.15, 0.2) is 53.1 Å². The number of fused-ring (bicyclic) bond motifs is 1. The number of hydrogen-bond donors (Lipinski definition) is 1. The molecular weight excluding hydrogens is 419 g/mol. The molecule has 0 aliphatic carbocycles. The Morgan fingerprint density at radius 3 is 2.68 bits per heavy atom. The SMILES string of the molecule is CCOc1cc([C@H]2CC(=O)N3C(=C2C#N)SC[C@]3(O)c2ccc(F)cc2)ccc1OC. The Bertz CT molecular complexity index is 1100. The Balaban J connectivity index is 1.77. The molecule has 2 aliphatic rings. The van der Waals surface area contributed by atoms with Crippen molar-refractivity contribution in [3.8, 4) is 17.6 Å². The summed E-state index contributed by atoms with van der Waals surface area (Å²) in [5, 5.41) is 21.7. The van der Waals surface area contributed by atoms with Gasteiger partial charge in [0.25, 0.3) is 0 Å². The summed E-state index contributed by atoms with van der Waals surface area (Å²) in [6.07, 6.45) is 0.0222. The van der Waals surface area contributed by atoms with Gasteiger partial charge >= 0.3 is 0 Å². The van der Waals surface area contributed by atoms with Crippen molar-refractivity contribution in [2.45, 2.75) is 25.0 Å². The van der Waals surface area contributed by atoms with E-state index in [2.05, 4.69) is 6.07 Å². The third-order valence-electron chi connectivity index (χ3n) is 5.51. The van der Waals surface area contributed by atoms with Gasteiger partial charge in [0.15, 0.2) is 17.2 Å². The summed E-state index contributed by atoms with van der Waals surface area (Å²) in [5.74, 6) is 0.0791. The van der Waals surface area contributed by atoms with Crippen LogP contribution in [0.1, 0.15) is 30.4 Å². The Morgan fingerprint density at radius 2 is 2.03 bits per heavy atom. The van der Waals surface area contributed by atoms with Gasteiger partial charge in [-0.15, -0.1) is 11.8 Å². The topological polar surface area (TPSA) is 82.8 Å². The van der Waals surface area contributed by atoms with Gasteiger partial charge in [-0.05, 0) is 36.8 Å². The molecule has 2 heterocycles. The molecule has 8 heteroatoms. The zero-order valence-electron chi connectivity index (χ0n) is 17.1. The van der Waals surface area contributed by atoms with E-state index in [9.17, 15) is 19.6 Å². The highest BCUT2D eigenvalue weighted by molar-refractivity contribution is 8.03. The van der Waals surface area contributed by atoms with Crippen LogP contribution in [0.25, 0.3) is 0 Å². The Hall–Kier alpha value is -3.02. The Labute approximate surface area is 183 Å². The monoisotopic (exact) mass is 440 g/mol. The summed E-state index contributed by atoms with van der Waals surface area (Å²) >= 11 is 1.25. The lowest BCUT2D eigenvalue weighted by atomic mass is 9.85. The van der Waals surface area contributed by atoms with E-state index in [0.717, 1.165) is 5.56 Å². The lowest BCUT2D eigenvalue weighted by molar-refractivity contribution is -0.149. The number of halogens is 1. The van der Waals surface area contributed by atoms with Crippen LogP contribution in [-0.2, 0) is 10.5 Å². The molecule has 0 saturated carbocycles. The molecule has 1 saturated heterocycles. The highest BCUT2D eigenvalue weighted by atomic mass is 32.2. The van der Waals surface area contributed by atoms with Gasteiger partial charge in [0.05, 0.1) is 36.1 Å². The maximum Gasteiger partial charge on any atom is 0.231 e. The summed E-state index contributed by atoms with van der Waals surface area (Å²) in [4.78, 5) is 14.5. The summed E-state index contributed by atoms with van der Waals surface area (Å²) in [7, 11) is 1.55. The Morgan fingerprint density at radius 1 is 1.29 bits per heavy atom. The predicted octanol–water partition coefficient (Wildman–Crippen LogP) is 3.88. The van der Waals surface area contributed by atoms with Crippen LogP contribution in [0.2, 0.25) is 0 Å². The molecule has 0 spiro atoms. The second-order valence-corrected chi connectivity index (χ2v) is 8.24. The maximum absolute atomic E-state index is 13.4. The van der Waals surface area contributed by atoms with Gasteiger partial charge in [-0.2, -0.15) is 5.26 Å². The second-order valence-electron chi connectivity index (χ2n) is 7.27. The first kappa shape index (κ1) is 21.2. The van der Waals surface area contributed by atoms with Crippen LogP contribution < -0.4 is 9.47 Å². The molecule has 1 amide bonds. The van der Waals surface area contributed by atoms with E-state index < -0.39 is 17.5 Å². The van der Waals surface area contributed by atoms with E-state index in [0.29, 0.717) is 34.3 Å². The number of carbonyl (C=O) groups is 1. The minimum atomic E-state index is -1.63. The standard InChI is InChI=1S/C23H21FN2O4S/c1-3-30-20-10-14(4-9-19(20)29-2)17-11-21(27)26-22(18(17)12-25)31-13-23(26,28)15-5-7-16(24)8-6-15/h4-10,17,28H,3,11,13H2,1-2H3/t17-,23+/m1/s1. The molecule has 0 bridgehead atoms. The average Bonchev–Trinajstić information content (AvgIpc) is 3.13. The van der Waals surface area contributed by atoms with Crippen molar-refractivity contribution < 1.29 is 23.8 Å². The van der Waals surface area contributed by atoms with Crippen LogP contribution in [-0.4, -0.2) is 35.4 Å². The lowest BCUT2D eigenvalue weighted by Crippen LogP contribution is -2.48. The highest BCUT2D eigenvalue weighted by Crippen LogP contribution is 2.52. The van der Waals surface area contributed by atoms with E-state index in [-0.39, 0.29) is 18.1 Å². The summed E-state index contributed by atoms with van der Waals surface area (Å²) in [5.41, 5.74) is -0.0493. The van der Waals surface area contributed by atoms with Gasteiger partial charge in [0, 0.05) is 17.9 Å². The van der Waals surface area contributed by atoms with Crippen molar-refractivity contribution in [3.63, 3.8) is 0 Å². The van der Waals surface area contributed by atoms with E-state index in [1.807, 2.05) is 13.0 Å². The molecule has 31 heavy (non-hydrogen) atoms. The first-order valence-corrected chi connectivity index (χ1v) is 10.8.